The van der Waals surface area contributed by atoms with E-state index in [2.05, 4.69) is 5.32 Å². The molecule has 0 aliphatic heterocycles. The highest BCUT2D eigenvalue weighted by Gasteiger charge is 2.29. The first-order valence-electron chi connectivity index (χ1n) is 10.5. The van der Waals surface area contributed by atoms with Gasteiger partial charge in [0.15, 0.2) is 0 Å². The Morgan fingerprint density at radius 2 is 1.63 bits per heavy atom. The van der Waals surface area contributed by atoms with Gasteiger partial charge in [-0.3, -0.25) is 9.59 Å². The van der Waals surface area contributed by atoms with Gasteiger partial charge in [0.05, 0.1) is 6.42 Å². The Labute approximate surface area is 188 Å². The number of halogens is 2. The summed E-state index contributed by atoms with van der Waals surface area (Å²) in [5, 5.41) is 4.11. The van der Waals surface area contributed by atoms with Crippen LogP contribution in [0.3, 0.4) is 0 Å². The zero-order valence-electron chi connectivity index (χ0n) is 17.2. The van der Waals surface area contributed by atoms with E-state index in [0.29, 0.717) is 15.6 Å². The van der Waals surface area contributed by atoms with Crippen molar-refractivity contribution in [1.82, 2.24) is 10.2 Å². The lowest BCUT2D eigenvalue weighted by Crippen LogP contribution is -2.50. The van der Waals surface area contributed by atoms with Gasteiger partial charge in [0.25, 0.3) is 0 Å². The van der Waals surface area contributed by atoms with Gasteiger partial charge in [-0.05, 0) is 37.5 Å². The van der Waals surface area contributed by atoms with Gasteiger partial charge in [-0.2, -0.15) is 0 Å². The zero-order valence-corrected chi connectivity index (χ0v) is 18.8. The van der Waals surface area contributed by atoms with Crippen molar-refractivity contribution in [2.24, 2.45) is 0 Å². The second kappa shape index (κ2) is 10.8. The summed E-state index contributed by atoms with van der Waals surface area (Å²) in [6.45, 7) is 1.95. The Morgan fingerprint density at radius 1 is 1.00 bits per heavy atom. The molecule has 0 radical (unpaired) electrons. The van der Waals surface area contributed by atoms with E-state index in [1.165, 1.54) is 6.42 Å². The Kier molecular flexibility index (Phi) is 8.17. The van der Waals surface area contributed by atoms with Gasteiger partial charge >= 0.3 is 0 Å². The molecule has 2 aromatic rings. The topological polar surface area (TPSA) is 49.4 Å². The summed E-state index contributed by atoms with van der Waals surface area (Å²) >= 11 is 12.7. The maximum absolute atomic E-state index is 13.2. The number of benzene rings is 2. The summed E-state index contributed by atoms with van der Waals surface area (Å²) in [6, 6.07) is 14.3. The van der Waals surface area contributed by atoms with E-state index < -0.39 is 6.04 Å². The van der Waals surface area contributed by atoms with E-state index >= 15 is 0 Å². The van der Waals surface area contributed by atoms with Gasteiger partial charge < -0.3 is 10.2 Å². The van der Waals surface area contributed by atoms with Crippen LogP contribution in [-0.2, 0) is 22.6 Å². The normalized spacial score (nSPS) is 15.4. The Bertz CT molecular complexity index is 847. The lowest BCUT2D eigenvalue weighted by atomic mass is 9.95. The maximum Gasteiger partial charge on any atom is 0.242 e. The van der Waals surface area contributed by atoms with Crippen molar-refractivity contribution in [3.8, 4) is 0 Å². The minimum absolute atomic E-state index is 0.133. The zero-order chi connectivity index (χ0) is 21.5. The molecule has 0 saturated heterocycles. The van der Waals surface area contributed by atoms with Gasteiger partial charge in [0, 0.05) is 28.2 Å². The van der Waals surface area contributed by atoms with Crippen LogP contribution in [0.25, 0.3) is 0 Å². The minimum Gasteiger partial charge on any atom is -0.352 e. The molecule has 3 rings (SSSR count). The molecule has 1 fully saturated rings. The summed E-state index contributed by atoms with van der Waals surface area (Å²) < 4.78 is 0. The quantitative estimate of drug-likeness (QED) is 0.618. The van der Waals surface area contributed by atoms with Crippen molar-refractivity contribution in [3.63, 3.8) is 0 Å². The van der Waals surface area contributed by atoms with Crippen LogP contribution in [0.5, 0.6) is 0 Å². The molecule has 2 aromatic carbocycles. The molecule has 0 unspecified atom stereocenters. The molecular formula is C24H28Cl2N2O2. The van der Waals surface area contributed by atoms with Crippen LogP contribution in [-0.4, -0.2) is 28.8 Å². The predicted octanol–water partition coefficient (Wildman–Crippen LogP) is 5.40. The van der Waals surface area contributed by atoms with Crippen molar-refractivity contribution in [2.75, 3.05) is 0 Å². The van der Waals surface area contributed by atoms with Crippen molar-refractivity contribution in [2.45, 2.75) is 64.1 Å². The fourth-order valence-corrected chi connectivity index (χ4v) is 4.39. The lowest BCUT2D eigenvalue weighted by Gasteiger charge is -2.31. The van der Waals surface area contributed by atoms with Crippen molar-refractivity contribution >= 4 is 35.0 Å². The van der Waals surface area contributed by atoms with Crippen LogP contribution in [0.15, 0.2) is 48.5 Å². The third-order valence-electron chi connectivity index (χ3n) is 5.71. The predicted molar refractivity (Wildman–Crippen MR) is 122 cm³/mol. The fraction of sp³-hybridized carbons (Fsp3) is 0.417. The van der Waals surface area contributed by atoms with Crippen LogP contribution < -0.4 is 5.32 Å². The van der Waals surface area contributed by atoms with E-state index in [9.17, 15) is 9.59 Å². The Morgan fingerprint density at radius 3 is 2.27 bits per heavy atom. The first kappa shape index (κ1) is 22.6. The molecule has 160 valence electrons. The van der Waals surface area contributed by atoms with Crippen LogP contribution in [0.2, 0.25) is 10.0 Å². The number of amides is 2. The second-order valence-corrected chi connectivity index (χ2v) is 8.72. The molecule has 2 amide bonds. The van der Waals surface area contributed by atoms with Crippen LogP contribution in [0.1, 0.15) is 50.2 Å². The SMILES string of the molecule is C[C@@H](C(=O)NC1CCCCC1)N(Cc1c(Cl)cccc1Cl)C(=O)Cc1ccccc1. The molecule has 1 aliphatic rings. The van der Waals surface area contributed by atoms with E-state index in [1.54, 1.807) is 30.0 Å². The summed E-state index contributed by atoms with van der Waals surface area (Å²) in [6.07, 6.45) is 5.68. The summed E-state index contributed by atoms with van der Waals surface area (Å²) in [4.78, 5) is 27.8. The molecule has 1 atom stereocenters. The van der Waals surface area contributed by atoms with Crippen molar-refractivity contribution in [1.29, 1.82) is 0 Å². The third kappa shape index (κ3) is 5.99. The first-order valence-corrected chi connectivity index (χ1v) is 11.3. The van der Waals surface area contributed by atoms with E-state index in [4.69, 9.17) is 23.2 Å². The number of hydrogen-bond acceptors (Lipinski definition) is 2. The largest absolute Gasteiger partial charge is 0.352 e. The first-order chi connectivity index (χ1) is 14.5. The van der Waals surface area contributed by atoms with Crippen LogP contribution in [0.4, 0.5) is 0 Å². The molecule has 1 aliphatic carbocycles. The summed E-state index contributed by atoms with van der Waals surface area (Å²) in [5.74, 6) is -0.269. The number of rotatable bonds is 7. The molecule has 0 heterocycles. The smallest absolute Gasteiger partial charge is 0.242 e. The molecule has 0 aromatic heterocycles. The van der Waals surface area contributed by atoms with Gasteiger partial charge in [-0.15, -0.1) is 0 Å². The molecule has 30 heavy (non-hydrogen) atoms. The monoisotopic (exact) mass is 446 g/mol. The van der Waals surface area contributed by atoms with Gasteiger partial charge in [0.2, 0.25) is 11.8 Å². The van der Waals surface area contributed by atoms with Gasteiger partial charge in [0.1, 0.15) is 6.04 Å². The second-order valence-electron chi connectivity index (χ2n) is 7.90. The summed E-state index contributed by atoms with van der Waals surface area (Å²) in [5.41, 5.74) is 1.55. The lowest BCUT2D eigenvalue weighted by molar-refractivity contribution is -0.140. The number of nitrogens with zero attached hydrogens (tertiary/aromatic N) is 1. The van der Waals surface area contributed by atoms with Crippen molar-refractivity contribution in [3.05, 3.63) is 69.7 Å². The van der Waals surface area contributed by atoms with Gasteiger partial charge in [-0.25, -0.2) is 0 Å². The van der Waals surface area contributed by atoms with Crippen LogP contribution in [0, 0.1) is 0 Å². The Hall–Kier alpha value is -2.04. The molecule has 4 nitrogen and oxygen atoms in total. The minimum atomic E-state index is -0.629. The standard InChI is InChI=1S/C24H28Cl2N2O2/c1-17(24(30)27-19-11-6-3-7-12-19)28(16-20-21(25)13-8-14-22(20)26)23(29)15-18-9-4-2-5-10-18/h2,4-5,8-10,13-14,17,19H,3,6-7,11-12,15-16H2,1H3,(H,27,30)/t17-/m0/s1. The molecular weight excluding hydrogens is 419 g/mol. The highest BCUT2D eigenvalue weighted by molar-refractivity contribution is 6.36. The number of carbonyl (C=O) groups is 2. The number of hydrogen-bond donors (Lipinski definition) is 1. The molecule has 1 N–H and O–H groups in total. The number of nitrogens with one attached hydrogen (secondary N) is 1. The molecule has 0 spiro atoms. The van der Waals surface area contributed by atoms with E-state index in [-0.39, 0.29) is 30.8 Å². The molecule has 6 heteroatoms. The highest BCUT2D eigenvalue weighted by Crippen LogP contribution is 2.27. The maximum atomic E-state index is 13.2. The summed E-state index contributed by atoms with van der Waals surface area (Å²) in [7, 11) is 0. The average molecular weight is 447 g/mol. The van der Waals surface area contributed by atoms with Crippen LogP contribution >= 0.6 is 23.2 Å². The average Bonchev–Trinajstić information content (AvgIpc) is 2.74. The third-order valence-corrected chi connectivity index (χ3v) is 6.42. The molecule has 0 bridgehead atoms. The van der Waals surface area contributed by atoms with Crippen molar-refractivity contribution < 1.29 is 9.59 Å². The van der Waals surface area contributed by atoms with Gasteiger partial charge in [-0.1, -0.05) is 78.9 Å². The fourth-order valence-electron chi connectivity index (χ4n) is 3.88. The highest BCUT2D eigenvalue weighted by atomic mass is 35.5. The molecule has 1 saturated carbocycles. The van der Waals surface area contributed by atoms with E-state index in [1.807, 2.05) is 30.3 Å². The van der Waals surface area contributed by atoms with E-state index in [0.717, 1.165) is 31.2 Å². The Balaban J connectivity index is 1.80. The number of carbonyl (C=O) groups excluding carboxylic acids is 2.